The third kappa shape index (κ3) is 126. The number of ether oxygens (including phenoxy) is 1. The number of ketones is 7. The Morgan fingerprint density at radius 3 is 1.10 bits per heavy atom. The molecule has 0 radical (unpaired) electrons. The van der Waals surface area contributed by atoms with Crippen molar-refractivity contribution in [3.05, 3.63) is 206 Å². The summed E-state index contributed by atoms with van der Waals surface area (Å²) in [6, 6.07) is 5.83. The van der Waals surface area contributed by atoms with Gasteiger partial charge in [-0.15, -0.1) is 49.4 Å². The third-order valence-electron chi connectivity index (χ3n) is 16.1. The highest BCUT2D eigenvalue weighted by atomic mass is 19.1. The van der Waals surface area contributed by atoms with Crippen LogP contribution < -0.4 is 0 Å². The lowest BCUT2D eigenvalue weighted by Gasteiger charge is -2.06. The summed E-state index contributed by atoms with van der Waals surface area (Å²) in [7, 11) is 0. The highest BCUT2D eigenvalue weighted by molar-refractivity contribution is 5.77. The molecule has 0 saturated heterocycles. The lowest BCUT2D eigenvalue weighted by Crippen LogP contribution is -2.05. The van der Waals surface area contributed by atoms with Crippen LogP contribution in [0.4, 0.5) is 4.39 Å². The SMILES string of the molecule is C#CCC/C=C/C=C/C#CCCCCC(C)=O.C#CCC/C=C/C=C/C#C[C@@H](O)CCCC(C)=O.C#CC[C@@H](O)/C=C/C=C/C#CCCC(C)=O.C#CC[C@@H](O)/C=C/C=C/C#CCCOCC(C)=O.CC.CC(=O)CCC[C@H](O)C#C/C=C/C=C/[C@H](O)CC(C)C.CC(=O)CC[C@H](O)C#C/C=C/C=C/[C@H](O)CC#Cc1ccc(F)cc1.CC(=O)CC[C@H](O)C#C/C=C/C=C/[C@H](O)CC1CC1. The van der Waals surface area contributed by atoms with Gasteiger partial charge in [0, 0.05) is 95.5 Å². The molecule has 0 aliphatic heterocycles. The lowest BCUT2D eigenvalue weighted by atomic mass is 10.1. The zero-order valence-electron chi connectivity index (χ0n) is 81.5. The Bertz CT molecular complexity index is 4620. The van der Waals surface area contributed by atoms with Crippen molar-refractivity contribution < 1.29 is 88.6 Å². The van der Waals surface area contributed by atoms with Gasteiger partial charge in [0.05, 0.1) is 37.1 Å². The summed E-state index contributed by atoms with van der Waals surface area (Å²) in [5, 5.41) is 85.3. The molecule has 1 aliphatic carbocycles. The van der Waals surface area contributed by atoms with Gasteiger partial charge in [-0.1, -0.05) is 263 Å². The quantitative estimate of drug-likeness (QED) is 0.0166. The fraction of sp³-hybridized carbons (Fsp3) is 0.444. The summed E-state index contributed by atoms with van der Waals surface area (Å²) < 4.78 is 17.8. The number of terminal acetylenes is 4. The van der Waals surface area contributed by atoms with Crippen LogP contribution in [0.15, 0.2) is 194 Å². The Balaban J connectivity index is -0.000000360. The van der Waals surface area contributed by atoms with E-state index in [1.807, 2.05) is 56.4 Å². The standard InChI is InChI=1S/C21H21FO3.C17H26O3.C16H22O3.C16H20O2.C16H20O.C15H18O3.C14H16O2.C2H6/c1-17(23)11-16-21(25)9-5-3-2-4-8-20(24)10-6-7-18-12-14-19(22)15-13-18;1-14(2)13-17(20)11-7-5-4-6-10-16(19)12-8-9-15(3)18;1-13(17)8-11-15(18)6-4-2-3-5-7-16(19)12-14-9-10-14;1-3-4-5-6-7-8-9-10-13-16(18)14-11-12-15(2)17;1-3-4-5-6-7-8-9-10-11-12-13-14-15-16(2)17;1-3-10-15(17)11-8-6-4-5-7-9-12-18-13-14(2)16;1-3-10-14(16)12-9-7-5-4-6-8-11-13(2)15;1-2/h2-4,8,12-15,20-21,24-25H,10-11,16H2,1H3;4-5,7,11,14,16-17,19-20H,8-9,12-13H2,1-3H3;2-3,5,7,14-16,18-19H,8-12H2,1H3;1,6-9,16,18H,4-5,11-12,14H2,2H3;1,6-9H,4-5,12-15H2,2H3;1,4,6,8,11,15,17H,9-10,12-13H2,2H3;1,5,7,9,12,14,16H,8,10-11H2,2H3;1-2H3/b3-2+,8-4+;5-4+,11-7+;3-2+,7-5+;2*7-6+,9-8+;6-4+,11-8+;7-5+,12-9+;/t20-,21+;16-,17+;15-,16+;16-;;15-;14-;/m0111.11./s1. The van der Waals surface area contributed by atoms with Crippen LogP contribution in [0.1, 0.15) is 262 Å². The van der Waals surface area contributed by atoms with E-state index in [0.29, 0.717) is 127 Å². The minimum Gasteiger partial charge on any atom is -0.389 e. The number of rotatable bonds is 47. The zero-order chi connectivity index (χ0) is 102. The Morgan fingerprint density at radius 2 is 0.726 bits per heavy atom. The summed E-state index contributed by atoms with van der Waals surface area (Å²) in [4.78, 5) is 74.6. The minimum atomic E-state index is -0.815. The van der Waals surface area contributed by atoms with Crippen LogP contribution in [-0.2, 0) is 38.3 Å². The Hall–Kier alpha value is -12.5. The number of halogens is 1. The van der Waals surface area contributed by atoms with E-state index in [1.165, 1.54) is 45.7 Å². The molecule has 0 heterocycles. The number of aliphatic hydroxyl groups is 9. The highest BCUT2D eigenvalue weighted by Gasteiger charge is 2.23. The maximum atomic E-state index is 12.7. The van der Waals surface area contributed by atoms with E-state index in [4.69, 9.17) is 30.4 Å². The molecule has 0 unspecified atom stereocenters. The molecule has 18 heteroatoms. The minimum absolute atomic E-state index is 0.0125. The molecule has 0 aromatic heterocycles. The predicted molar refractivity (Wildman–Crippen MR) is 550 cm³/mol. The van der Waals surface area contributed by atoms with E-state index in [-0.39, 0.29) is 65.4 Å². The zero-order valence-corrected chi connectivity index (χ0v) is 81.5. The van der Waals surface area contributed by atoms with Crippen LogP contribution in [0.2, 0.25) is 0 Å². The van der Waals surface area contributed by atoms with Gasteiger partial charge in [0.2, 0.25) is 0 Å². The number of unbranched alkanes of at least 4 members (excludes halogenated alkanes) is 4. The van der Waals surface area contributed by atoms with Crippen LogP contribution in [0.3, 0.4) is 0 Å². The molecule has 1 saturated carbocycles. The molecule has 9 atom stereocenters. The Morgan fingerprint density at radius 1 is 0.378 bits per heavy atom. The average Bonchev–Trinajstić information content (AvgIpc) is 1.74. The normalized spacial score (nSPS) is 13.1. The predicted octanol–water partition coefficient (Wildman–Crippen LogP) is 18.1. The van der Waals surface area contributed by atoms with Crippen molar-refractivity contribution in [3.63, 3.8) is 0 Å². The second-order valence-corrected chi connectivity index (χ2v) is 30.2. The van der Waals surface area contributed by atoms with E-state index >= 15 is 0 Å². The molecule has 1 fully saturated rings. The van der Waals surface area contributed by atoms with Crippen LogP contribution in [0, 0.1) is 162 Å². The van der Waals surface area contributed by atoms with Crippen molar-refractivity contribution in [2.75, 3.05) is 13.2 Å². The molecule has 1 aromatic carbocycles. The lowest BCUT2D eigenvalue weighted by molar-refractivity contribution is -0.121. The first-order valence-electron chi connectivity index (χ1n) is 45.7. The Labute approximate surface area is 810 Å². The fourth-order valence-electron chi connectivity index (χ4n) is 9.14. The van der Waals surface area contributed by atoms with Crippen molar-refractivity contribution in [1.29, 1.82) is 0 Å². The summed E-state index contributed by atoms with van der Waals surface area (Å²) in [5.74, 6) is 56.0. The second-order valence-electron chi connectivity index (χ2n) is 30.2. The second kappa shape index (κ2) is 104. The van der Waals surface area contributed by atoms with Gasteiger partial charge in [-0.2, -0.15) is 0 Å². The number of carbonyl (C=O) groups is 7. The molecule has 1 aromatic rings. The van der Waals surface area contributed by atoms with E-state index in [2.05, 4.69) is 132 Å². The molecule has 0 bridgehead atoms. The third-order valence-corrected chi connectivity index (χ3v) is 16.1. The molecule has 135 heavy (non-hydrogen) atoms. The molecule has 17 nitrogen and oxygen atoms in total. The van der Waals surface area contributed by atoms with Crippen LogP contribution in [-0.4, -0.2) is 155 Å². The molecule has 0 spiro atoms. The first kappa shape index (κ1) is 133. The van der Waals surface area contributed by atoms with Gasteiger partial charge in [-0.05, 0) is 204 Å². The van der Waals surface area contributed by atoms with E-state index < -0.39 is 48.8 Å². The van der Waals surface area contributed by atoms with Gasteiger partial charge in [0.25, 0.3) is 0 Å². The molecular formula is C117H149FO17. The number of hydrogen-bond donors (Lipinski definition) is 9. The summed E-state index contributed by atoms with van der Waals surface area (Å²) in [6.45, 7) is 19.4. The summed E-state index contributed by atoms with van der Waals surface area (Å²) in [5.41, 5.74) is 0.691. The van der Waals surface area contributed by atoms with Gasteiger partial charge < -0.3 is 74.7 Å². The van der Waals surface area contributed by atoms with E-state index in [0.717, 1.165) is 57.8 Å². The smallest absolute Gasteiger partial charge is 0.155 e. The first-order valence-corrected chi connectivity index (χ1v) is 45.7. The maximum absolute atomic E-state index is 12.7. The van der Waals surface area contributed by atoms with Gasteiger partial charge in [0.1, 0.15) is 71.5 Å². The molecule has 726 valence electrons. The first-order chi connectivity index (χ1) is 64.7. The van der Waals surface area contributed by atoms with Crippen LogP contribution in [0.25, 0.3) is 0 Å². The maximum Gasteiger partial charge on any atom is 0.155 e. The Kier molecular flexibility index (Phi) is 102. The topological polar surface area (TPSA) is 311 Å². The van der Waals surface area contributed by atoms with Gasteiger partial charge in [-0.25, -0.2) is 4.39 Å². The molecule has 1 aliphatic rings. The summed E-state index contributed by atoms with van der Waals surface area (Å²) in [6.07, 6.45) is 81.5. The highest BCUT2D eigenvalue weighted by Crippen LogP contribution is 2.33. The summed E-state index contributed by atoms with van der Waals surface area (Å²) >= 11 is 0. The molecule has 9 N–H and O–H groups in total. The number of allylic oxidation sites excluding steroid dienone is 23. The van der Waals surface area contributed by atoms with Crippen molar-refractivity contribution in [1.82, 2.24) is 0 Å². The van der Waals surface area contributed by atoms with E-state index in [9.17, 15) is 83.9 Å². The van der Waals surface area contributed by atoms with Crippen molar-refractivity contribution >= 4 is 40.5 Å². The van der Waals surface area contributed by atoms with Crippen molar-refractivity contribution in [2.45, 2.75) is 311 Å². The average molecular weight is 1850 g/mol. The van der Waals surface area contributed by atoms with E-state index in [1.54, 1.807) is 167 Å². The van der Waals surface area contributed by atoms with Crippen molar-refractivity contribution in [2.24, 2.45) is 11.8 Å². The van der Waals surface area contributed by atoms with Gasteiger partial charge in [-0.3, -0.25) is 9.59 Å². The van der Waals surface area contributed by atoms with Crippen molar-refractivity contribution in [3.8, 4) is 144 Å². The van der Waals surface area contributed by atoms with Crippen LogP contribution >= 0.6 is 0 Å². The molecule has 0 amide bonds. The number of hydrogen-bond acceptors (Lipinski definition) is 17. The largest absolute Gasteiger partial charge is 0.389 e. The number of Topliss-reactive ketones (excluding diaryl/α,β-unsaturated/α-hetero) is 7. The van der Waals surface area contributed by atoms with Crippen LogP contribution in [0.5, 0.6) is 0 Å². The number of carbonyl (C=O) groups excluding carboxylic acids is 7. The number of benzene rings is 1. The monoisotopic (exact) mass is 1850 g/mol. The molecule has 2 rings (SSSR count). The van der Waals surface area contributed by atoms with Gasteiger partial charge in [0.15, 0.2) is 5.78 Å². The van der Waals surface area contributed by atoms with Gasteiger partial charge >= 0.3 is 0 Å². The molecular weight excluding hydrogens is 1700 g/mol. The number of aliphatic hydroxyl groups excluding tert-OH is 9. The fourth-order valence-corrected chi connectivity index (χ4v) is 9.14.